The van der Waals surface area contributed by atoms with Crippen LogP contribution in [0.1, 0.15) is 26.7 Å². The Hall–Kier alpha value is 0.650. The normalized spacial score (nSPS) is 42.2. The van der Waals surface area contributed by atoms with Crippen LogP contribution in [-0.2, 0) is 0 Å². The van der Waals surface area contributed by atoms with Crippen molar-refractivity contribution in [3.8, 4) is 0 Å². The lowest BCUT2D eigenvalue weighted by molar-refractivity contribution is 0.102. The van der Waals surface area contributed by atoms with Crippen molar-refractivity contribution >= 4 is 39.3 Å². The SMILES string of the molecule is CCC1(F)SC(=S)SC1(F)CC. The summed E-state index contributed by atoms with van der Waals surface area (Å²) in [5, 5.41) is -3.63. The van der Waals surface area contributed by atoms with Gasteiger partial charge in [-0.1, -0.05) is 49.6 Å². The Morgan fingerprint density at radius 2 is 1.50 bits per heavy atom. The lowest BCUT2D eigenvalue weighted by atomic mass is 10.1. The molecule has 0 amide bonds. The monoisotopic (exact) mass is 228 g/mol. The number of halogens is 2. The standard InChI is InChI=1S/C7H10F2S3/c1-3-6(8)7(9,4-2)12-5(10)11-6/h3-4H2,1-2H3. The fraction of sp³-hybridized carbons (Fsp3) is 0.857. The Morgan fingerprint density at radius 1 is 1.17 bits per heavy atom. The number of thiocarbonyl (C=S) groups is 1. The molecule has 1 fully saturated rings. The topological polar surface area (TPSA) is 0 Å². The molecule has 0 N–H and O–H groups in total. The number of alkyl halides is 2. The van der Waals surface area contributed by atoms with Crippen molar-refractivity contribution in [2.24, 2.45) is 0 Å². The van der Waals surface area contributed by atoms with Gasteiger partial charge >= 0.3 is 0 Å². The fourth-order valence-electron chi connectivity index (χ4n) is 1.11. The minimum absolute atomic E-state index is 0.162. The zero-order chi connectivity index (χ0) is 9.41. The van der Waals surface area contributed by atoms with E-state index in [0.717, 1.165) is 23.5 Å². The summed E-state index contributed by atoms with van der Waals surface area (Å²) >= 11 is 6.50. The fourth-order valence-corrected chi connectivity index (χ4v) is 4.52. The van der Waals surface area contributed by atoms with E-state index in [-0.39, 0.29) is 12.8 Å². The second-order valence-electron chi connectivity index (χ2n) is 2.62. The smallest absolute Gasteiger partial charge is 0.205 e. The molecule has 1 rings (SSSR count). The molecule has 2 unspecified atom stereocenters. The summed E-state index contributed by atoms with van der Waals surface area (Å²) in [6.45, 7) is 3.29. The van der Waals surface area contributed by atoms with Crippen LogP contribution < -0.4 is 0 Å². The third kappa shape index (κ3) is 1.51. The Morgan fingerprint density at radius 3 is 1.75 bits per heavy atom. The largest absolute Gasteiger partial charge is 0.227 e. The predicted octanol–water partition coefficient (Wildman–Crippen LogP) is 3.90. The lowest BCUT2D eigenvalue weighted by Gasteiger charge is -2.28. The van der Waals surface area contributed by atoms with Crippen LogP contribution in [-0.4, -0.2) is 13.5 Å². The van der Waals surface area contributed by atoms with E-state index in [9.17, 15) is 8.78 Å². The molecule has 1 heterocycles. The van der Waals surface area contributed by atoms with Crippen LogP contribution >= 0.6 is 35.7 Å². The van der Waals surface area contributed by atoms with Gasteiger partial charge < -0.3 is 0 Å². The van der Waals surface area contributed by atoms with Crippen LogP contribution in [0.5, 0.6) is 0 Å². The van der Waals surface area contributed by atoms with Crippen molar-refractivity contribution in [2.75, 3.05) is 0 Å². The van der Waals surface area contributed by atoms with E-state index < -0.39 is 10.0 Å². The number of hydrogen-bond acceptors (Lipinski definition) is 3. The molecule has 0 aromatic rings. The molecule has 1 aliphatic heterocycles. The van der Waals surface area contributed by atoms with Gasteiger partial charge in [0.2, 0.25) is 10.0 Å². The Bertz CT molecular complexity index is 189. The van der Waals surface area contributed by atoms with Crippen molar-refractivity contribution in [1.29, 1.82) is 0 Å². The van der Waals surface area contributed by atoms with Gasteiger partial charge in [-0.25, -0.2) is 8.78 Å². The Balaban J connectivity index is 2.93. The second-order valence-corrected chi connectivity index (χ2v) is 6.32. The molecule has 5 heteroatoms. The van der Waals surface area contributed by atoms with Crippen LogP contribution in [0.2, 0.25) is 0 Å². The predicted molar refractivity (Wildman–Crippen MR) is 56.0 cm³/mol. The molecule has 0 aliphatic carbocycles. The van der Waals surface area contributed by atoms with Crippen LogP contribution in [0, 0.1) is 0 Å². The first kappa shape index (κ1) is 10.7. The van der Waals surface area contributed by atoms with Gasteiger partial charge in [-0.2, -0.15) is 0 Å². The van der Waals surface area contributed by atoms with Crippen molar-refractivity contribution in [3.63, 3.8) is 0 Å². The molecule has 2 atom stereocenters. The number of rotatable bonds is 2. The third-order valence-electron chi connectivity index (χ3n) is 1.96. The molecule has 1 saturated heterocycles. The van der Waals surface area contributed by atoms with E-state index >= 15 is 0 Å². The average molecular weight is 228 g/mol. The first-order valence-electron chi connectivity index (χ1n) is 3.77. The van der Waals surface area contributed by atoms with Gasteiger partial charge in [0.15, 0.2) is 0 Å². The van der Waals surface area contributed by atoms with Gasteiger partial charge in [-0.05, 0) is 12.8 Å². The zero-order valence-electron chi connectivity index (χ0n) is 6.89. The summed E-state index contributed by atoms with van der Waals surface area (Å²) in [4.78, 5) is 0. The highest BCUT2D eigenvalue weighted by Crippen LogP contribution is 2.60. The van der Waals surface area contributed by atoms with Crippen molar-refractivity contribution < 1.29 is 8.78 Å². The van der Waals surface area contributed by atoms with Crippen LogP contribution in [0.25, 0.3) is 0 Å². The van der Waals surface area contributed by atoms with Gasteiger partial charge in [0.25, 0.3) is 0 Å². The number of hydrogen-bond donors (Lipinski definition) is 0. The summed E-state index contributed by atoms with van der Waals surface area (Å²) in [7, 11) is 0. The maximum absolute atomic E-state index is 13.8. The molecule has 12 heavy (non-hydrogen) atoms. The van der Waals surface area contributed by atoms with Crippen LogP contribution in [0.15, 0.2) is 0 Å². The first-order valence-corrected chi connectivity index (χ1v) is 5.81. The van der Waals surface area contributed by atoms with E-state index in [1.165, 1.54) is 0 Å². The lowest BCUT2D eigenvalue weighted by Crippen LogP contribution is -2.37. The van der Waals surface area contributed by atoms with Crippen molar-refractivity contribution in [1.82, 2.24) is 0 Å². The summed E-state index contributed by atoms with van der Waals surface area (Å²) in [5.41, 5.74) is 0. The average Bonchev–Trinajstić information content (AvgIpc) is 2.25. The van der Waals surface area contributed by atoms with Crippen LogP contribution in [0.3, 0.4) is 0 Å². The van der Waals surface area contributed by atoms with Gasteiger partial charge in [0.05, 0.1) is 0 Å². The minimum atomic E-state index is -1.82. The molecule has 1 aliphatic rings. The zero-order valence-corrected chi connectivity index (χ0v) is 9.34. The highest BCUT2D eigenvalue weighted by Gasteiger charge is 2.59. The molecule has 0 saturated carbocycles. The summed E-state index contributed by atoms with van der Waals surface area (Å²) in [5.74, 6) is 0. The van der Waals surface area contributed by atoms with Gasteiger partial charge in [0, 0.05) is 0 Å². The Labute approximate surface area is 84.9 Å². The van der Waals surface area contributed by atoms with Crippen molar-refractivity contribution in [2.45, 2.75) is 36.7 Å². The van der Waals surface area contributed by atoms with Crippen LogP contribution in [0.4, 0.5) is 8.78 Å². The summed E-state index contributed by atoms with van der Waals surface area (Å²) in [6, 6.07) is 0. The van der Waals surface area contributed by atoms with Gasteiger partial charge in [0.1, 0.15) is 3.53 Å². The quantitative estimate of drug-likeness (QED) is 0.658. The van der Waals surface area contributed by atoms with E-state index in [2.05, 4.69) is 0 Å². The maximum Gasteiger partial charge on any atom is 0.205 e. The van der Waals surface area contributed by atoms with E-state index in [4.69, 9.17) is 12.2 Å². The molecule has 70 valence electrons. The highest BCUT2D eigenvalue weighted by molar-refractivity contribution is 8.50. The first-order chi connectivity index (χ1) is 5.47. The molecular weight excluding hydrogens is 218 g/mol. The summed E-state index contributed by atoms with van der Waals surface area (Å²) in [6.07, 6.45) is 0.324. The minimum Gasteiger partial charge on any atom is -0.227 e. The second kappa shape index (κ2) is 3.42. The molecule has 0 bridgehead atoms. The molecule has 0 aromatic carbocycles. The molecule has 0 nitrogen and oxygen atoms in total. The molecular formula is C7H10F2S3. The van der Waals surface area contributed by atoms with E-state index in [0.29, 0.717) is 3.53 Å². The maximum atomic E-state index is 13.8. The molecule has 0 aromatic heterocycles. The Kier molecular flexibility index (Phi) is 3.06. The van der Waals surface area contributed by atoms with E-state index in [1.54, 1.807) is 13.8 Å². The summed E-state index contributed by atoms with van der Waals surface area (Å²) < 4.78 is 28.0. The highest BCUT2D eigenvalue weighted by atomic mass is 32.2. The molecule has 0 radical (unpaired) electrons. The van der Waals surface area contributed by atoms with Gasteiger partial charge in [-0.15, -0.1) is 0 Å². The van der Waals surface area contributed by atoms with Gasteiger partial charge in [-0.3, -0.25) is 0 Å². The van der Waals surface area contributed by atoms with Crippen molar-refractivity contribution in [3.05, 3.63) is 0 Å². The molecule has 0 spiro atoms. The number of thioether (sulfide) groups is 2. The third-order valence-corrected chi connectivity index (χ3v) is 5.29. The van der Waals surface area contributed by atoms with E-state index in [1.807, 2.05) is 0 Å².